The van der Waals surface area contributed by atoms with E-state index in [9.17, 15) is 4.79 Å². The van der Waals surface area contributed by atoms with Crippen LogP contribution in [0.3, 0.4) is 0 Å². The van der Waals surface area contributed by atoms with Crippen LogP contribution in [0.1, 0.15) is 17.0 Å². The molecule has 5 heteroatoms. The van der Waals surface area contributed by atoms with E-state index in [0.29, 0.717) is 18.9 Å². The molecule has 30 heavy (non-hydrogen) atoms. The zero-order valence-electron chi connectivity index (χ0n) is 16.5. The number of fused-ring (bicyclic) bond motifs is 1. The number of aromatic nitrogens is 1. The van der Waals surface area contributed by atoms with Crippen molar-refractivity contribution >= 4 is 22.8 Å². The Balaban J connectivity index is 1.50. The summed E-state index contributed by atoms with van der Waals surface area (Å²) in [5, 5.41) is 10.8. The van der Waals surface area contributed by atoms with Gasteiger partial charge in [-0.25, -0.2) is 9.78 Å². The molecule has 0 spiro atoms. The third-order valence-electron chi connectivity index (χ3n) is 4.83. The Morgan fingerprint density at radius 1 is 1.03 bits per heavy atom. The average molecular weight is 399 g/mol. The quantitative estimate of drug-likeness (QED) is 0.414. The Bertz CT molecular complexity index is 1210. The van der Waals surface area contributed by atoms with E-state index < -0.39 is 5.97 Å². The van der Waals surface area contributed by atoms with Crippen LogP contribution < -0.4 is 4.74 Å². The summed E-state index contributed by atoms with van der Waals surface area (Å²) in [7, 11) is 0. The van der Waals surface area contributed by atoms with E-state index in [4.69, 9.17) is 14.3 Å². The van der Waals surface area contributed by atoms with Crippen molar-refractivity contribution in [1.82, 2.24) is 4.98 Å². The van der Waals surface area contributed by atoms with Crippen molar-refractivity contribution in [2.24, 2.45) is 0 Å². The molecule has 4 aromatic rings. The number of rotatable bonds is 7. The van der Waals surface area contributed by atoms with Crippen LogP contribution in [0.5, 0.6) is 5.75 Å². The molecule has 0 atom stereocenters. The molecule has 0 saturated heterocycles. The molecule has 150 valence electrons. The first-order chi connectivity index (χ1) is 14.6. The van der Waals surface area contributed by atoms with Gasteiger partial charge in [-0.1, -0.05) is 48.5 Å². The summed E-state index contributed by atoms with van der Waals surface area (Å²) in [5.41, 5.74) is 2.66. The molecule has 0 aliphatic carbocycles. The van der Waals surface area contributed by atoms with Crippen LogP contribution in [0.25, 0.3) is 28.3 Å². The van der Waals surface area contributed by atoms with Gasteiger partial charge >= 0.3 is 5.97 Å². The highest BCUT2D eigenvalue weighted by molar-refractivity contribution is 5.97. The average Bonchev–Trinajstić information content (AvgIpc) is 3.13. The van der Waals surface area contributed by atoms with Crippen LogP contribution in [-0.4, -0.2) is 22.7 Å². The second kappa shape index (κ2) is 8.66. The molecule has 0 radical (unpaired) electrons. The lowest BCUT2D eigenvalue weighted by Crippen LogP contribution is -2.03. The van der Waals surface area contributed by atoms with Crippen molar-refractivity contribution in [1.29, 1.82) is 0 Å². The van der Waals surface area contributed by atoms with E-state index in [1.165, 1.54) is 0 Å². The number of ether oxygens (including phenoxy) is 1. The van der Waals surface area contributed by atoms with Gasteiger partial charge in [0, 0.05) is 23.4 Å². The third kappa shape index (κ3) is 4.25. The lowest BCUT2D eigenvalue weighted by molar-refractivity contribution is -0.131. The molecule has 0 aliphatic rings. The van der Waals surface area contributed by atoms with E-state index in [1.807, 2.05) is 73.7 Å². The molecule has 1 N–H and O–H groups in total. The summed E-state index contributed by atoms with van der Waals surface area (Å²) in [6.07, 6.45) is 3.36. The topological polar surface area (TPSA) is 72.6 Å². The van der Waals surface area contributed by atoms with E-state index in [-0.39, 0.29) is 0 Å². The predicted octanol–water partition coefficient (Wildman–Crippen LogP) is 5.52. The number of aryl methyl sites for hydroxylation is 1. The maximum Gasteiger partial charge on any atom is 0.328 e. The number of carboxylic acid groups (broad SMARTS) is 1. The van der Waals surface area contributed by atoms with Crippen molar-refractivity contribution in [2.75, 3.05) is 6.61 Å². The van der Waals surface area contributed by atoms with Gasteiger partial charge in [0.05, 0.1) is 12.3 Å². The first-order valence-electron chi connectivity index (χ1n) is 9.69. The van der Waals surface area contributed by atoms with Gasteiger partial charge in [-0.05, 0) is 42.1 Å². The van der Waals surface area contributed by atoms with Crippen LogP contribution in [-0.2, 0) is 11.2 Å². The summed E-state index contributed by atoms with van der Waals surface area (Å²) >= 11 is 0. The molecular weight excluding hydrogens is 378 g/mol. The fourth-order valence-corrected chi connectivity index (χ4v) is 3.36. The Morgan fingerprint density at radius 3 is 2.60 bits per heavy atom. The highest BCUT2D eigenvalue weighted by atomic mass is 16.5. The molecule has 0 unspecified atom stereocenters. The number of hydrogen-bond donors (Lipinski definition) is 1. The number of oxazole rings is 1. The Labute approximate surface area is 174 Å². The lowest BCUT2D eigenvalue weighted by Gasteiger charge is -2.10. The van der Waals surface area contributed by atoms with E-state index in [2.05, 4.69) is 4.98 Å². The smallest absolute Gasteiger partial charge is 0.328 e. The fourth-order valence-electron chi connectivity index (χ4n) is 3.36. The van der Waals surface area contributed by atoms with Crippen molar-refractivity contribution < 1.29 is 19.1 Å². The highest BCUT2D eigenvalue weighted by Gasteiger charge is 2.12. The summed E-state index contributed by atoms with van der Waals surface area (Å²) < 4.78 is 11.9. The van der Waals surface area contributed by atoms with E-state index >= 15 is 0 Å². The van der Waals surface area contributed by atoms with Gasteiger partial charge in [0.2, 0.25) is 5.89 Å². The lowest BCUT2D eigenvalue weighted by atomic mass is 10.0. The first kappa shape index (κ1) is 19.5. The second-order valence-corrected chi connectivity index (χ2v) is 6.86. The number of hydrogen-bond acceptors (Lipinski definition) is 4. The maximum atomic E-state index is 10.8. The maximum absolute atomic E-state index is 10.8. The molecule has 5 nitrogen and oxygen atoms in total. The molecule has 0 fully saturated rings. The highest BCUT2D eigenvalue weighted by Crippen LogP contribution is 2.29. The van der Waals surface area contributed by atoms with Gasteiger partial charge in [-0.3, -0.25) is 0 Å². The van der Waals surface area contributed by atoms with Crippen LogP contribution in [0.15, 0.2) is 77.2 Å². The van der Waals surface area contributed by atoms with Crippen molar-refractivity contribution in [3.63, 3.8) is 0 Å². The Kier molecular flexibility index (Phi) is 5.61. The summed E-state index contributed by atoms with van der Waals surface area (Å²) in [6, 6.07) is 21.3. The van der Waals surface area contributed by atoms with Gasteiger partial charge in [-0.2, -0.15) is 0 Å². The normalized spacial score (nSPS) is 11.2. The molecule has 0 aliphatic heterocycles. The number of benzene rings is 3. The van der Waals surface area contributed by atoms with Crippen LogP contribution in [0.2, 0.25) is 0 Å². The van der Waals surface area contributed by atoms with Gasteiger partial charge < -0.3 is 14.3 Å². The number of aliphatic carboxylic acids is 1. The minimum atomic E-state index is -0.975. The van der Waals surface area contributed by atoms with Gasteiger partial charge in [0.25, 0.3) is 0 Å². The SMILES string of the molecule is Cc1oc(-c2ccccc2)nc1CCOc1cccc2c(/C=C/C(=O)O)cccc12. The van der Waals surface area contributed by atoms with Gasteiger partial charge in [-0.15, -0.1) is 0 Å². The summed E-state index contributed by atoms with van der Waals surface area (Å²) in [4.78, 5) is 15.5. The second-order valence-electron chi connectivity index (χ2n) is 6.86. The fraction of sp³-hybridized carbons (Fsp3) is 0.120. The standard InChI is InChI=1S/C25H21NO4/c1-17-22(26-25(30-17)19-7-3-2-4-8-19)15-16-29-23-12-6-10-20-18(13-14-24(27)28)9-5-11-21(20)23/h2-14H,15-16H2,1H3,(H,27,28)/b14-13+. The van der Waals surface area contributed by atoms with Crippen LogP contribution in [0, 0.1) is 6.92 Å². The molecule has 3 aromatic carbocycles. The van der Waals surface area contributed by atoms with Crippen molar-refractivity contribution in [3.8, 4) is 17.2 Å². The van der Waals surface area contributed by atoms with Crippen LogP contribution in [0.4, 0.5) is 0 Å². The zero-order valence-corrected chi connectivity index (χ0v) is 16.5. The molecule has 1 aromatic heterocycles. The van der Waals surface area contributed by atoms with E-state index in [0.717, 1.165) is 45.2 Å². The van der Waals surface area contributed by atoms with Gasteiger partial charge in [0.1, 0.15) is 11.5 Å². The van der Waals surface area contributed by atoms with Crippen molar-refractivity contribution in [2.45, 2.75) is 13.3 Å². The molecule has 0 bridgehead atoms. The molecule has 0 amide bonds. The van der Waals surface area contributed by atoms with E-state index in [1.54, 1.807) is 6.08 Å². The van der Waals surface area contributed by atoms with Gasteiger partial charge in [0.15, 0.2) is 0 Å². The molecular formula is C25H21NO4. The minimum Gasteiger partial charge on any atom is -0.493 e. The van der Waals surface area contributed by atoms with Crippen LogP contribution >= 0.6 is 0 Å². The number of carbonyl (C=O) groups is 1. The predicted molar refractivity (Wildman–Crippen MR) is 116 cm³/mol. The molecule has 4 rings (SSSR count). The third-order valence-corrected chi connectivity index (χ3v) is 4.83. The summed E-state index contributed by atoms with van der Waals surface area (Å²) in [5.74, 6) is 1.18. The molecule has 0 saturated carbocycles. The Morgan fingerprint density at radius 2 is 1.80 bits per heavy atom. The number of nitrogens with zero attached hydrogens (tertiary/aromatic N) is 1. The molecule has 1 heterocycles. The first-order valence-corrected chi connectivity index (χ1v) is 9.69. The monoisotopic (exact) mass is 399 g/mol. The number of carboxylic acids is 1. The summed E-state index contributed by atoms with van der Waals surface area (Å²) in [6.45, 7) is 2.36. The minimum absolute atomic E-state index is 0.454. The largest absolute Gasteiger partial charge is 0.493 e. The Hall–Kier alpha value is -3.86. The van der Waals surface area contributed by atoms with Crippen molar-refractivity contribution in [3.05, 3.63) is 89.8 Å². The zero-order chi connectivity index (χ0) is 20.9.